The van der Waals surface area contributed by atoms with Crippen LogP contribution >= 0.6 is 0 Å². The highest BCUT2D eigenvalue weighted by molar-refractivity contribution is 5.68. The van der Waals surface area contributed by atoms with Crippen LogP contribution in [-0.2, 0) is 4.74 Å². The predicted octanol–water partition coefficient (Wildman–Crippen LogP) is 2.26. The highest BCUT2D eigenvalue weighted by Crippen LogP contribution is 2.70. The fourth-order valence-electron chi connectivity index (χ4n) is 2.98. The second-order valence-corrected chi connectivity index (χ2v) is 6.48. The van der Waals surface area contributed by atoms with Crippen LogP contribution in [0.1, 0.15) is 33.6 Å². The van der Waals surface area contributed by atoms with Crippen molar-refractivity contribution >= 4 is 6.09 Å². The summed E-state index contributed by atoms with van der Waals surface area (Å²) in [5, 5.41) is 9.00. The topological polar surface area (TPSA) is 49.8 Å². The minimum atomic E-state index is -2.79. The van der Waals surface area contributed by atoms with Gasteiger partial charge >= 0.3 is 6.09 Å². The predicted molar refractivity (Wildman–Crippen MR) is 65.0 cm³/mol. The molecule has 0 unspecified atom stereocenters. The van der Waals surface area contributed by atoms with Gasteiger partial charge in [0.25, 0.3) is 5.92 Å². The van der Waals surface area contributed by atoms with Gasteiger partial charge in [-0.05, 0) is 33.6 Å². The molecule has 1 spiro atoms. The Bertz CT molecular complexity index is 371. The van der Waals surface area contributed by atoms with Crippen LogP contribution in [0.15, 0.2) is 0 Å². The Morgan fingerprint density at radius 1 is 1.37 bits per heavy atom. The summed E-state index contributed by atoms with van der Waals surface area (Å²) < 4.78 is 32.5. The molecule has 4 nitrogen and oxygen atoms in total. The molecule has 0 radical (unpaired) electrons. The first-order valence-corrected chi connectivity index (χ1v) is 6.61. The van der Waals surface area contributed by atoms with Gasteiger partial charge in [-0.3, -0.25) is 0 Å². The fourth-order valence-corrected chi connectivity index (χ4v) is 2.98. The van der Waals surface area contributed by atoms with Crippen molar-refractivity contribution in [2.75, 3.05) is 19.7 Å². The smallest absolute Gasteiger partial charge is 0.410 e. The number of carbonyl (C=O) groups excluding carboxylic acids is 1. The van der Waals surface area contributed by atoms with Crippen molar-refractivity contribution in [1.82, 2.24) is 4.90 Å². The molecule has 1 saturated heterocycles. The molecule has 0 aromatic heterocycles. The molecule has 2 rings (SSSR count). The summed E-state index contributed by atoms with van der Waals surface area (Å²) in [6.07, 6.45) is 0.00134. The zero-order valence-electron chi connectivity index (χ0n) is 11.6. The third-order valence-electron chi connectivity index (χ3n) is 4.18. The lowest BCUT2D eigenvalue weighted by Crippen LogP contribution is -2.43. The van der Waals surface area contributed by atoms with E-state index < -0.39 is 35.6 Å². The number of aliphatic hydroxyl groups is 1. The minimum absolute atomic E-state index is 0.227. The molecular formula is C13H21F2NO3. The molecule has 6 heteroatoms. The number of amides is 1. The van der Waals surface area contributed by atoms with E-state index >= 15 is 0 Å². The van der Waals surface area contributed by atoms with E-state index in [2.05, 4.69) is 0 Å². The lowest BCUT2D eigenvalue weighted by Gasteiger charge is -2.33. The first kappa shape index (κ1) is 14.5. The minimum Gasteiger partial charge on any atom is -0.444 e. The van der Waals surface area contributed by atoms with Crippen LogP contribution < -0.4 is 0 Å². The largest absolute Gasteiger partial charge is 0.444 e. The summed E-state index contributed by atoms with van der Waals surface area (Å²) in [7, 11) is 0. The third kappa shape index (κ3) is 2.30. The van der Waals surface area contributed by atoms with Crippen LogP contribution in [-0.4, -0.2) is 47.3 Å². The molecule has 2 aliphatic rings. The molecule has 2 fully saturated rings. The highest BCUT2D eigenvalue weighted by Gasteiger charge is 2.79. The second kappa shape index (κ2) is 4.30. The molecule has 1 aliphatic heterocycles. The maximum atomic E-state index is 13.6. The Kier molecular flexibility index (Phi) is 3.28. The Balaban J connectivity index is 1.92. The number of alkyl halides is 2. The van der Waals surface area contributed by atoms with Crippen molar-refractivity contribution in [3.63, 3.8) is 0 Å². The van der Waals surface area contributed by atoms with Gasteiger partial charge in [0, 0.05) is 18.5 Å². The van der Waals surface area contributed by atoms with E-state index in [4.69, 9.17) is 9.84 Å². The normalized spacial score (nSPS) is 28.3. The van der Waals surface area contributed by atoms with Crippen molar-refractivity contribution < 1.29 is 23.4 Å². The number of carbonyl (C=O) groups is 1. The number of nitrogens with zero attached hydrogens (tertiary/aromatic N) is 1. The van der Waals surface area contributed by atoms with Crippen LogP contribution in [0.2, 0.25) is 0 Å². The summed E-state index contributed by atoms with van der Waals surface area (Å²) in [5.74, 6) is -3.73. The number of likely N-dealkylation sites (tertiary alicyclic amines) is 1. The molecule has 110 valence electrons. The Labute approximate surface area is 111 Å². The number of hydrogen-bond acceptors (Lipinski definition) is 3. The Morgan fingerprint density at radius 2 is 1.89 bits per heavy atom. The van der Waals surface area contributed by atoms with Gasteiger partial charge in [-0.1, -0.05) is 0 Å². The number of hydrogen-bond donors (Lipinski definition) is 1. The molecular weight excluding hydrogens is 256 g/mol. The van der Waals surface area contributed by atoms with Gasteiger partial charge in [0.2, 0.25) is 0 Å². The zero-order valence-corrected chi connectivity index (χ0v) is 11.6. The van der Waals surface area contributed by atoms with Crippen molar-refractivity contribution in [2.24, 2.45) is 11.3 Å². The molecule has 0 aromatic rings. The zero-order chi connectivity index (χ0) is 14.5. The number of ether oxygens (including phenoxy) is 1. The molecule has 1 aliphatic carbocycles. The first-order valence-electron chi connectivity index (χ1n) is 6.61. The average molecular weight is 277 g/mol. The van der Waals surface area contributed by atoms with Gasteiger partial charge < -0.3 is 14.7 Å². The number of rotatable bonds is 1. The highest BCUT2D eigenvalue weighted by atomic mass is 19.3. The van der Waals surface area contributed by atoms with Crippen LogP contribution in [0.5, 0.6) is 0 Å². The van der Waals surface area contributed by atoms with E-state index in [1.165, 1.54) is 4.90 Å². The molecule has 1 atom stereocenters. The Hall–Kier alpha value is -0.910. The van der Waals surface area contributed by atoms with Crippen molar-refractivity contribution in [1.29, 1.82) is 0 Å². The van der Waals surface area contributed by atoms with E-state index in [9.17, 15) is 13.6 Å². The maximum absolute atomic E-state index is 13.6. The summed E-state index contributed by atoms with van der Waals surface area (Å²) in [5.41, 5.74) is -1.68. The molecule has 1 amide bonds. The van der Waals surface area contributed by atoms with E-state index in [-0.39, 0.29) is 25.9 Å². The van der Waals surface area contributed by atoms with E-state index in [0.717, 1.165) is 0 Å². The first-order chi connectivity index (χ1) is 8.64. The molecule has 1 N–H and O–H groups in total. The fraction of sp³-hybridized carbons (Fsp3) is 0.923. The monoisotopic (exact) mass is 277 g/mol. The van der Waals surface area contributed by atoms with Gasteiger partial charge in [-0.15, -0.1) is 0 Å². The van der Waals surface area contributed by atoms with Gasteiger partial charge in [-0.25, -0.2) is 13.6 Å². The van der Waals surface area contributed by atoms with Crippen molar-refractivity contribution in [3.8, 4) is 0 Å². The van der Waals surface area contributed by atoms with E-state index in [0.29, 0.717) is 0 Å². The summed E-state index contributed by atoms with van der Waals surface area (Å²) in [6, 6.07) is 0. The summed E-state index contributed by atoms with van der Waals surface area (Å²) >= 11 is 0. The average Bonchev–Trinajstić information content (AvgIpc) is 2.72. The number of aliphatic hydroxyl groups excluding tert-OH is 1. The third-order valence-corrected chi connectivity index (χ3v) is 4.18. The number of halogens is 2. The maximum Gasteiger partial charge on any atom is 0.410 e. The number of piperidine rings is 1. The SMILES string of the molecule is CC(C)(C)OC(=O)N1CCC2(CC1)[C@H](CO)C2(F)F. The van der Waals surface area contributed by atoms with Crippen LogP contribution in [0.3, 0.4) is 0 Å². The molecule has 1 saturated carbocycles. The van der Waals surface area contributed by atoms with Gasteiger partial charge in [-0.2, -0.15) is 0 Å². The lowest BCUT2D eigenvalue weighted by molar-refractivity contribution is 0.000909. The van der Waals surface area contributed by atoms with Crippen LogP contribution in [0.4, 0.5) is 13.6 Å². The second-order valence-electron chi connectivity index (χ2n) is 6.48. The molecule has 19 heavy (non-hydrogen) atoms. The molecule has 1 heterocycles. The van der Waals surface area contributed by atoms with E-state index in [1.54, 1.807) is 20.8 Å². The quantitative estimate of drug-likeness (QED) is 0.800. The Morgan fingerprint density at radius 3 is 2.26 bits per heavy atom. The summed E-state index contributed by atoms with van der Waals surface area (Å²) in [6.45, 7) is 5.36. The van der Waals surface area contributed by atoms with Crippen molar-refractivity contribution in [2.45, 2.75) is 45.1 Å². The van der Waals surface area contributed by atoms with Gasteiger partial charge in [0.15, 0.2) is 0 Å². The van der Waals surface area contributed by atoms with Crippen LogP contribution in [0, 0.1) is 11.3 Å². The van der Waals surface area contributed by atoms with Gasteiger partial charge in [0.05, 0.1) is 12.5 Å². The van der Waals surface area contributed by atoms with Gasteiger partial charge in [0.1, 0.15) is 5.60 Å². The van der Waals surface area contributed by atoms with Crippen molar-refractivity contribution in [3.05, 3.63) is 0 Å². The standard InChI is InChI=1S/C13H21F2NO3/c1-11(2,3)19-10(18)16-6-4-12(5-7-16)9(8-17)13(12,14)15/h9,17H,4-8H2,1-3H3/t9-/m0/s1. The van der Waals surface area contributed by atoms with E-state index in [1.807, 2.05) is 0 Å². The summed E-state index contributed by atoms with van der Waals surface area (Å²) in [4.78, 5) is 13.3. The van der Waals surface area contributed by atoms with Crippen LogP contribution in [0.25, 0.3) is 0 Å². The molecule has 0 bridgehead atoms. The molecule has 0 aromatic carbocycles. The lowest BCUT2D eigenvalue weighted by atomic mass is 9.90.